The second-order valence-electron chi connectivity index (χ2n) is 21.3. The number of rotatable bonds is 19. The first-order valence-electron chi connectivity index (χ1n) is 24.8. The number of sulfonamides is 1. The predicted molar refractivity (Wildman–Crippen MR) is 284 cm³/mol. The SMILES string of the molecule is COC1CCC(CNc2ccc(S(=O)(=O)NC(=O)c3ccc(N4CCN(CC5=C(c6ccc(Cl)cc6)CC(C)(C)CC5)CC4)cc3Oc3cccc4c3cnn4COCC[Si](C)(C)C)cc2[N+](=O)[O-])CC1. The van der Waals surface area contributed by atoms with Crippen molar-refractivity contribution in [1.82, 2.24) is 19.4 Å². The second-order valence-corrected chi connectivity index (χ2v) is 29.0. The number of nitro benzene ring substituents is 1. The lowest BCUT2D eigenvalue weighted by Crippen LogP contribution is -2.47. The first-order valence-corrected chi connectivity index (χ1v) is 30.3. The molecule has 2 aliphatic carbocycles. The van der Waals surface area contributed by atoms with Gasteiger partial charge in [0.25, 0.3) is 21.6 Å². The van der Waals surface area contributed by atoms with Crippen molar-refractivity contribution < 1.29 is 32.3 Å². The average molecular weight is 1030 g/mol. The number of ether oxygens (including phenoxy) is 3. The average Bonchev–Trinajstić information content (AvgIpc) is 3.76. The minimum atomic E-state index is -4.60. The summed E-state index contributed by atoms with van der Waals surface area (Å²) in [5, 5.41) is 21.5. The Morgan fingerprint density at radius 3 is 2.41 bits per heavy atom. The van der Waals surface area contributed by atoms with Crippen LogP contribution in [-0.4, -0.2) is 101 Å². The lowest BCUT2D eigenvalue weighted by molar-refractivity contribution is -0.384. The number of benzene rings is 4. The van der Waals surface area contributed by atoms with Crippen LogP contribution in [0.25, 0.3) is 16.5 Å². The molecule has 2 fully saturated rings. The highest BCUT2D eigenvalue weighted by Gasteiger charge is 2.31. The van der Waals surface area contributed by atoms with E-state index < -0.39 is 39.5 Å². The molecule has 0 radical (unpaired) electrons. The van der Waals surface area contributed by atoms with Crippen molar-refractivity contribution in [2.45, 2.75) is 102 Å². The summed E-state index contributed by atoms with van der Waals surface area (Å²) in [4.78, 5) is 30.2. The van der Waals surface area contributed by atoms with Crippen molar-refractivity contribution in [3.05, 3.63) is 117 Å². The minimum Gasteiger partial charge on any atom is -0.456 e. The fraction of sp³-hybridized carbons (Fsp3) is 0.472. The van der Waals surface area contributed by atoms with Gasteiger partial charge in [0, 0.05) is 83.9 Å². The van der Waals surface area contributed by atoms with Gasteiger partial charge in [-0.3, -0.25) is 19.8 Å². The van der Waals surface area contributed by atoms with Crippen LogP contribution in [0.1, 0.15) is 74.7 Å². The molecule has 380 valence electrons. The molecule has 1 aromatic heterocycles. The fourth-order valence-electron chi connectivity index (χ4n) is 9.84. The molecule has 15 nitrogen and oxygen atoms in total. The number of aromatic nitrogens is 2. The maximum atomic E-state index is 14.3. The highest BCUT2D eigenvalue weighted by atomic mass is 35.5. The van der Waals surface area contributed by atoms with Crippen LogP contribution in [0.15, 0.2) is 95.5 Å². The minimum absolute atomic E-state index is 0.0343. The highest BCUT2D eigenvalue weighted by Crippen LogP contribution is 2.44. The predicted octanol–water partition coefficient (Wildman–Crippen LogP) is 11.2. The molecule has 1 amide bonds. The number of fused-ring (bicyclic) bond motifs is 1. The summed E-state index contributed by atoms with van der Waals surface area (Å²) < 4.78 is 50.0. The number of anilines is 2. The number of piperazine rings is 1. The van der Waals surface area contributed by atoms with Crippen molar-refractivity contribution in [2.24, 2.45) is 11.3 Å². The standard InChI is InChI=1S/C53H68ClN7O8SSi/c1-53(2)23-22-39(45(32-53)38-12-14-40(54)15-13-38)35-58-24-26-59(27-25-58)41-16-20-44(51(30-41)69-50-9-7-8-48-46(50)34-56-60(48)36-68-28-29-71(4,5)6)52(62)57-70(65,66)43-19-21-47(49(31-43)61(63)64)55-33-37-10-17-42(67-3)18-11-37/h7-9,12-16,19-21,30-31,34,37,42,55H,10-11,17-18,22-29,32-33,35-36H2,1-6H3,(H,57,62). The first kappa shape index (κ1) is 52.0. The Balaban J connectivity index is 1.03. The first-order chi connectivity index (χ1) is 33.8. The summed E-state index contributed by atoms with van der Waals surface area (Å²) in [6.45, 7) is 16.9. The van der Waals surface area contributed by atoms with E-state index in [2.05, 4.69) is 70.6 Å². The van der Waals surface area contributed by atoms with E-state index in [0.29, 0.717) is 43.3 Å². The van der Waals surface area contributed by atoms with Crippen LogP contribution in [0.5, 0.6) is 11.5 Å². The molecule has 5 aromatic rings. The Morgan fingerprint density at radius 1 is 0.958 bits per heavy atom. The lowest BCUT2D eigenvalue weighted by atomic mass is 9.72. The molecular formula is C53H68ClN7O8SSi. The van der Waals surface area contributed by atoms with E-state index in [4.69, 9.17) is 25.8 Å². The zero-order chi connectivity index (χ0) is 50.5. The zero-order valence-corrected chi connectivity index (χ0v) is 44.4. The van der Waals surface area contributed by atoms with Gasteiger partial charge in [-0.2, -0.15) is 5.10 Å². The van der Waals surface area contributed by atoms with Crippen molar-refractivity contribution in [3.63, 3.8) is 0 Å². The van der Waals surface area contributed by atoms with E-state index in [0.717, 1.165) is 92.9 Å². The van der Waals surface area contributed by atoms with Crippen LogP contribution in [0.2, 0.25) is 30.7 Å². The Labute approximate surface area is 424 Å². The molecule has 2 N–H and O–H groups in total. The summed E-state index contributed by atoms with van der Waals surface area (Å²) in [7, 11) is -4.19. The third kappa shape index (κ3) is 13.2. The number of nitro groups is 1. The van der Waals surface area contributed by atoms with Gasteiger partial charge in [0.1, 0.15) is 23.9 Å². The summed E-state index contributed by atoms with van der Waals surface area (Å²) in [6, 6.07) is 23.5. The summed E-state index contributed by atoms with van der Waals surface area (Å²) in [5.41, 5.74) is 5.66. The third-order valence-corrected chi connectivity index (χ3v) is 17.5. The van der Waals surface area contributed by atoms with Crippen LogP contribution in [0, 0.1) is 21.4 Å². The largest absolute Gasteiger partial charge is 0.456 e. The number of carbonyl (C=O) groups is 1. The van der Waals surface area contributed by atoms with Crippen molar-refractivity contribution >= 4 is 69.1 Å². The van der Waals surface area contributed by atoms with Gasteiger partial charge >= 0.3 is 0 Å². The number of nitrogens with zero attached hydrogens (tertiary/aromatic N) is 5. The summed E-state index contributed by atoms with van der Waals surface area (Å²) in [5.74, 6) is -0.102. The molecule has 1 saturated carbocycles. The second kappa shape index (κ2) is 22.2. The number of amides is 1. The molecule has 18 heteroatoms. The van der Waals surface area contributed by atoms with Crippen molar-refractivity contribution in [1.29, 1.82) is 0 Å². The highest BCUT2D eigenvalue weighted by molar-refractivity contribution is 7.90. The van der Waals surface area contributed by atoms with Gasteiger partial charge in [-0.05, 0) is 122 Å². The zero-order valence-electron chi connectivity index (χ0n) is 41.8. The Morgan fingerprint density at radius 2 is 1.70 bits per heavy atom. The third-order valence-electron chi connectivity index (χ3n) is 14.2. The number of hydrogen-bond acceptors (Lipinski definition) is 12. The van der Waals surface area contributed by atoms with Crippen LogP contribution in [0.4, 0.5) is 17.1 Å². The smallest absolute Gasteiger partial charge is 0.293 e. The molecule has 0 unspecified atom stereocenters. The lowest BCUT2D eigenvalue weighted by Gasteiger charge is -2.39. The molecule has 8 rings (SSSR count). The van der Waals surface area contributed by atoms with Crippen molar-refractivity contribution in [3.8, 4) is 11.5 Å². The maximum absolute atomic E-state index is 14.3. The molecule has 3 aliphatic rings. The molecule has 71 heavy (non-hydrogen) atoms. The molecule has 2 heterocycles. The summed E-state index contributed by atoms with van der Waals surface area (Å²) in [6.07, 6.45) is 8.74. The van der Waals surface area contributed by atoms with Gasteiger partial charge in [-0.25, -0.2) is 17.8 Å². The van der Waals surface area contributed by atoms with Gasteiger partial charge in [0.15, 0.2) is 0 Å². The van der Waals surface area contributed by atoms with E-state index in [1.165, 1.54) is 28.8 Å². The molecule has 0 spiro atoms. The number of nitrogens with one attached hydrogen (secondary N) is 2. The molecule has 1 aliphatic heterocycles. The molecule has 4 aromatic carbocycles. The monoisotopic (exact) mass is 1030 g/mol. The van der Waals surface area contributed by atoms with E-state index in [9.17, 15) is 23.3 Å². The van der Waals surface area contributed by atoms with E-state index in [1.54, 1.807) is 42.3 Å². The van der Waals surface area contributed by atoms with E-state index >= 15 is 0 Å². The van der Waals surface area contributed by atoms with Crippen molar-refractivity contribution in [2.75, 3.05) is 63.2 Å². The Bertz CT molecular complexity index is 2850. The van der Waals surface area contributed by atoms with Gasteiger partial charge in [0.05, 0.1) is 38.6 Å². The fourth-order valence-corrected chi connectivity index (χ4v) is 11.7. The number of carbonyl (C=O) groups excluding carboxylic acids is 1. The van der Waals surface area contributed by atoms with Gasteiger partial charge in [-0.1, -0.05) is 68.9 Å². The van der Waals surface area contributed by atoms with E-state index in [-0.39, 0.29) is 35.3 Å². The topological polar surface area (TPSA) is 170 Å². The normalized spacial score (nSPS) is 18.9. The number of hydrogen-bond donors (Lipinski definition) is 2. The molecule has 0 atom stereocenters. The van der Waals surface area contributed by atoms with Gasteiger partial charge < -0.3 is 24.4 Å². The van der Waals surface area contributed by atoms with Gasteiger partial charge in [-0.15, -0.1) is 0 Å². The molecule has 1 saturated heterocycles. The van der Waals surface area contributed by atoms with Crippen LogP contribution < -0.4 is 19.7 Å². The van der Waals surface area contributed by atoms with Crippen LogP contribution in [0.3, 0.4) is 0 Å². The summed E-state index contributed by atoms with van der Waals surface area (Å²) >= 11 is 6.28. The Hall–Kier alpha value is -5.30. The van der Waals surface area contributed by atoms with Crippen LogP contribution in [-0.2, 0) is 26.2 Å². The molecular weight excluding hydrogens is 958 g/mol. The quantitative estimate of drug-likeness (QED) is 0.0348. The number of halogens is 1. The van der Waals surface area contributed by atoms with E-state index in [1.807, 2.05) is 24.3 Å². The number of methoxy groups -OCH3 is 1. The maximum Gasteiger partial charge on any atom is 0.293 e. The Kier molecular flexibility index (Phi) is 16.3. The number of allylic oxidation sites excluding steroid dienone is 1. The molecule has 0 bridgehead atoms. The van der Waals surface area contributed by atoms with Crippen LogP contribution >= 0.6 is 11.6 Å². The van der Waals surface area contributed by atoms with Gasteiger partial charge in [0.2, 0.25) is 0 Å².